The largest absolute Gasteiger partial charge is 0.464 e. The summed E-state index contributed by atoms with van der Waals surface area (Å²) >= 11 is 0. The molecule has 4 rings (SSSR count). The van der Waals surface area contributed by atoms with Crippen LogP contribution >= 0.6 is 0 Å². The number of amides is 1. The summed E-state index contributed by atoms with van der Waals surface area (Å²) in [6.07, 6.45) is 13.8. The van der Waals surface area contributed by atoms with E-state index in [-0.39, 0.29) is 0 Å². The first-order valence-electron chi connectivity index (χ1n) is 11.1. The van der Waals surface area contributed by atoms with Gasteiger partial charge in [0.2, 0.25) is 0 Å². The summed E-state index contributed by atoms with van der Waals surface area (Å²) in [4.78, 5) is 14.7. The highest BCUT2D eigenvalue weighted by Crippen LogP contribution is 2.39. The smallest absolute Gasteiger partial charge is 0.411 e. The maximum atomic E-state index is 12.1. The summed E-state index contributed by atoms with van der Waals surface area (Å²) in [7, 11) is 0. The summed E-state index contributed by atoms with van der Waals surface area (Å²) in [5, 5.41) is 3.97. The van der Waals surface area contributed by atoms with Crippen LogP contribution in [0.4, 0.5) is 10.5 Å². The predicted octanol–water partition coefficient (Wildman–Crippen LogP) is 6.07. The van der Waals surface area contributed by atoms with Crippen molar-refractivity contribution in [1.82, 2.24) is 4.90 Å². The number of ether oxygens (including phenoxy) is 1. The van der Waals surface area contributed by atoms with Crippen molar-refractivity contribution in [2.75, 3.05) is 25.0 Å². The van der Waals surface area contributed by atoms with Crippen LogP contribution in [0.15, 0.2) is 41.0 Å². The minimum absolute atomic E-state index is 0.390. The van der Waals surface area contributed by atoms with Crippen LogP contribution in [0, 0.1) is 0 Å². The molecule has 2 saturated heterocycles. The Kier molecular flexibility index (Phi) is 6.55. The SMILES string of the molecule is CC/C=C/CCOC(=O)Nc1ccc2occ(C3CCN4CCCCC4C3)c2c1. The molecular formula is C24H32N2O3. The highest BCUT2D eigenvalue weighted by molar-refractivity contribution is 5.91. The van der Waals surface area contributed by atoms with E-state index < -0.39 is 6.09 Å². The van der Waals surface area contributed by atoms with Crippen molar-refractivity contribution in [1.29, 1.82) is 0 Å². The number of benzene rings is 1. The molecule has 0 bridgehead atoms. The van der Waals surface area contributed by atoms with E-state index in [1.807, 2.05) is 30.5 Å². The zero-order valence-corrected chi connectivity index (χ0v) is 17.4. The fourth-order valence-electron chi connectivity index (χ4n) is 4.77. The number of fused-ring (bicyclic) bond motifs is 2. The zero-order chi connectivity index (χ0) is 20.1. The number of piperidine rings is 2. The van der Waals surface area contributed by atoms with Crippen LogP contribution < -0.4 is 5.32 Å². The molecule has 5 heteroatoms. The van der Waals surface area contributed by atoms with Crippen LogP contribution in [0.5, 0.6) is 0 Å². The summed E-state index contributed by atoms with van der Waals surface area (Å²) < 4.78 is 11.1. The normalized spacial score (nSPS) is 22.7. The minimum Gasteiger partial charge on any atom is -0.464 e. The second-order valence-electron chi connectivity index (χ2n) is 8.24. The second-order valence-corrected chi connectivity index (χ2v) is 8.24. The minimum atomic E-state index is -0.408. The fourth-order valence-corrected chi connectivity index (χ4v) is 4.77. The Morgan fingerprint density at radius 3 is 3.10 bits per heavy atom. The molecule has 0 aliphatic carbocycles. The highest BCUT2D eigenvalue weighted by Gasteiger charge is 2.32. The van der Waals surface area contributed by atoms with Gasteiger partial charge in [-0.3, -0.25) is 5.32 Å². The van der Waals surface area contributed by atoms with E-state index in [0.717, 1.165) is 29.5 Å². The van der Waals surface area contributed by atoms with Gasteiger partial charge in [-0.25, -0.2) is 4.79 Å². The zero-order valence-electron chi connectivity index (χ0n) is 17.4. The monoisotopic (exact) mass is 396 g/mol. The third-order valence-electron chi connectivity index (χ3n) is 6.28. The molecule has 156 valence electrons. The quantitative estimate of drug-likeness (QED) is 0.476. The summed E-state index contributed by atoms with van der Waals surface area (Å²) in [6, 6.07) is 6.55. The van der Waals surface area contributed by atoms with Crippen LogP contribution in [0.3, 0.4) is 0 Å². The molecule has 29 heavy (non-hydrogen) atoms. The van der Waals surface area contributed by atoms with Crippen LogP contribution in [0.1, 0.15) is 63.4 Å². The lowest BCUT2D eigenvalue weighted by Crippen LogP contribution is -2.44. The van der Waals surface area contributed by atoms with Crippen molar-refractivity contribution in [2.24, 2.45) is 0 Å². The number of hydrogen-bond acceptors (Lipinski definition) is 4. The van der Waals surface area contributed by atoms with Gasteiger partial charge in [-0.1, -0.05) is 25.5 Å². The number of nitrogens with one attached hydrogen (secondary N) is 1. The lowest BCUT2D eigenvalue weighted by molar-refractivity contribution is 0.0975. The first kappa shape index (κ1) is 20.0. The van der Waals surface area contributed by atoms with E-state index in [2.05, 4.69) is 23.2 Å². The van der Waals surface area contributed by atoms with Gasteiger partial charge >= 0.3 is 6.09 Å². The van der Waals surface area contributed by atoms with Crippen molar-refractivity contribution in [2.45, 2.75) is 63.8 Å². The van der Waals surface area contributed by atoms with Crippen LogP contribution in [-0.2, 0) is 4.74 Å². The average molecular weight is 397 g/mol. The number of nitrogens with zero attached hydrogens (tertiary/aromatic N) is 1. The van der Waals surface area contributed by atoms with Crippen LogP contribution in [0.2, 0.25) is 0 Å². The third kappa shape index (κ3) is 4.84. The van der Waals surface area contributed by atoms with E-state index in [1.54, 1.807) is 0 Å². The van der Waals surface area contributed by atoms with Gasteiger partial charge in [0, 0.05) is 22.7 Å². The van der Waals surface area contributed by atoms with Gasteiger partial charge in [0.15, 0.2) is 0 Å². The Labute approximate surface area is 173 Å². The van der Waals surface area contributed by atoms with Crippen molar-refractivity contribution in [3.63, 3.8) is 0 Å². The molecular weight excluding hydrogens is 364 g/mol. The average Bonchev–Trinajstić information content (AvgIpc) is 3.16. The molecule has 2 unspecified atom stereocenters. The molecule has 2 aliphatic heterocycles. The Morgan fingerprint density at radius 1 is 1.28 bits per heavy atom. The van der Waals surface area contributed by atoms with E-state index >= 15 is 0 Å². The standard InChI is InChI=1S/C24H32N2O3/c1-2-3-4-7-14-28-24(27)25-19-9-10-23-21(16-19)22(17-29-23)18-11-13-26-12-6-5-8-20(26)15-18/h3-4,9-10,16-18,20H,2,5-8,11-15H2,1H3,(H,25,27)/b4-3+. The molecule has 3 heterocycles. The maximum Gasteiger partial charge on any atom is 0.411 e. The van der Waals surface area contributed by atoms with Crippen molar-refractivity contribution < 1.29 is 13.9 Å². The van der Waals surface area contributed by atoms with E-state index in [9.17, 15) is 4.79 Å². The molecule has 2 atom stereocenters. The van der Waals surface area contributed by atoms with Gasteiger partial charge in [-0.05, 0) is 75.7 Å². The fraction of sp³-hybridized carbons (Fsp3) is 0.542. The molecule has 1 N–H and O–H groups in total. The number of allylic oxidation sites excluding steroid dienone is 1. The number of carbonyl (C=O) groups excluding carboxylic acids is 1. The maximum absolute atomic E-state index is 12.1. The molecule has 0 saturated carbocycles. The molecule has 2 fully saturated rings. The van der Waals surface area contributed by atoms with E-state index in [1.165, 1.54) is 50.8 Å². The molecule has 1 amide bonds. The lowest BCUT2D eigenvalue weighted by Gasteiger charge is -2.42. The van der Waals surface area contributed by atoms with Gasteiger partial charge in [-0.2, -0.15) is 0 Å². The Morgan fingerprint density at radius 2 is 2.21 bits per heavy atom. The Balaban J connectivity index is 1.41. The van der Waals surface area contributed by atoms with Gasteiger partial charge in [-0.15, -0.1) is 0 Å². The van der Waals surface area contributed by atoms with Gasteiger partial charge in [0.1, 0.15) is 5.58 Å². The number of anilines is 1. The van der Waals surface area contributed by atoms with Gasteiger partial charge in [0.05, 0.1) is 12.9 Å². The number of hydrogen-bond donors (Lipinski definition) is 1. The Bertz CT molecular complexity index is 857. The topological polar surface area (TPSA) is 54.7 Å². The van der Waals surface area contributed by atoms with Crippen molar-refractivity contribution in [3.8, 4) is 0 Å². The van der Waals surface area contributed by atoms with Crippen molar-refractivity contribution in [3.05, 3.63) is 42.2 Å². The molecule has 2 aromatic rings. The number of carbonyl (C=O) groups is 1. The highest BCUT2D eigenvalue weighted by atomic mass is 16.5. The lowest BCUT2D eigenvalue weighted by atomic mass is 9.82. The summed E-state index contributed by atoms with van der Waals surface area (Å²) in [6.45, 7) is 4.91. The van der Waals surface area contributed by atoms with E-state index in [4.69, 9.17) is 9.15 Å². The molecule has 1 aromatic heterocycles. The van der Waals surface area contributed by atoms with E-state index in [0.29, 0.717) is 18.6 Å². The van der Waals surface area contributed by atoms with Crippen LogP contribution in [-0.4, -0.2) is 36.7 Å². The van der Waals surface area contributed by atoms with Gasteiger partial charge in [0.25, 0.3) is 0 Å². The summed E-state index contributed by atoms with van der Waals surface area (Å²) in [5.74, 6) is 0.531. The molecule has 1 aromatic carbocycles. The molecule has 5 nitrogen and oxygen atoms in total. The first-order valence-corrected chi connectivity index (χ1v) is 11.1. The first-order chi connectivity index (χ1) is 14.2. The number of furan rings is 1. The third-order valence-corrected chi connectivity index (χ3v) is 6.28. The van der Waals surface area contributed by atoms with Crippen molar-refractivity contribution >= 4 is 22.7 Å². The number of rotatable bonds is 6. The second kappa shape index (κ2) is 9.49. The van der Waals surface area contributed by atoms with Crippen LogP contribution in [0.25, 0.3) is 11.0 Å². The molecule has 0 radical (unpaired) electrons. The van der Waals surface area contributed by atoms with Gasteiger partial charge < -0.3 is 14.1 Å². The molecule has 2 aliphatic rings. The molecule has 0 spiro atoms. The summed E-state index contributed by atoms with van der Waals surface area (Å²) in [5.41, 5.74) is 2.92. The predicted molar refractivity (Wildman–Crippen MR) is 116 cm³/mol. The Hall–Kier alpha value is -2.27.